The Labute approximate surface area is 197 Å². The number of aromatic nitrogens is 1. The van der Waals surface area contributed by atoms with Gasteiger partial charge in [0.05, 0.1) is 18.0 Å². The number of aromatic amines is 1. The largest absolute Gasteiger partial charge is 0.417 e. The Bertz CT molecular complexity index is 910. The normalized spacial score (nSPS) is 20.8. The second kappa shape index (κ2) is 11.4. The van der Waals surface area contributed by atoms with E-state index >= 15 is 0 Å². The van der Waals surface area contributed by atoms with Gasteiger partial charge < -0.3 is 14.4 Å². The molecule has 7 nitrogen and oxygen atoms in total. The molecular formula is C22H35N3O4S2. The number of likely N-dealkylation sites (tertiary alicyclic amines) is 1. The van der Waals surface area contributed by atoms with Gasteiger partial charge in [-0.15, -0.1) is 0 Å². The molecule has 1 aliphatic carbocycles. The van der Waals surface area contributed by atoms with Gasteiger partial charge in [-0.1, -0.05) is 25.3 Å². The Kier molecular flexibility index (Phi) is 9.54. The monoisotopic (exact) mass is 469 g/mol. The van der Waals surface area contributed by atoms with Crippen molar-refractivity contribution in [3.05, 3.63) is 34.3 Å². The summed E-state index contributed by atoms with van der Waals surface area (Å²) in [5.41, 5.74) is 2.00. The first-order valence-electron chi connectivity index (χ1n) is 10.8. The van der Waals surface area contributed by atoms with Gasteiger partial charge in [0, 0.05) is 32.7 Å². The molecular weight excluding hydrogens is 434 g/mol. The second-order valence-electron chi connectivity index (χ2n) is 8.69. The number of nitrogens with one attached hydrogen (secondary N) is 1. The van der Waals surface area contributed by atoms with E-state index in [1.165, 1.54) is 32.1 Å². The van der Waals surface area contributed by atoms with E-state index in [0.29, 0.717) is 30.0 Å². The molecule has 0 spiro atoms. The van der Waals surface area contributed by atoms with Crippen LogP contribution in [-0.2, 0) is 11.2 Å². The zero-order valence-corrected chi connectivity index (χ0v) is 20.1. The minimum absolute atomic E-state index is 0. The molecule has 1 saturated heterocycles. The highest BCUT2D eigenvalue weighted by Gasteiger charge is 2.33. The Morgan fingerprint density at radius 3 is 2.68 bits per heavy atom. The predicted molar refractivity (Wildman–Crippen MR) is 131 cm³/mol. The van der Waals surface area contributed by atoms with Crippen molar-refractivity contribution >= 4 is 44.0 Å². The lowest BCUT2D eigenvalue weighted by molar-refractivity contribution is -0.133. The molecule has 0 bridgehead atoms. The van der Waals surface area contributed by atoms with Gasteiger partial charge in [-0.3, -0.25) is 14.7 Å². The van der Waals surface area contributed by atoms with Crippen LogP contribution in [0.25, 0.3) is 11.1 Å². The van der Waals surface area contributed by atoms with Crippen molar-refractivity contribution in [2.75, 3.05) is 26.7 Å². The molecule has 0 radical (unpaired) electrons. The van der Waals surface area contributed by atoms with Crippen LogP contribution in [0.15, 0.2) is 27.4 Å². The molecule has 1 aliphatic heterocycles. The lowest BCUT2D eigenvalue weighted by atomic mass is 9.83. The topological polar surface area (TPSA) is 89.8 Å². The Morgan fingerprint density at radius 1 is 1.26 bits per heavy atom. The van der Waals surface area contributed by atoms with Crippen LogP contribution in [0.5, 0.6) is 0 Å². The number of aliphatic hydroxyl groups is 1. The number of oxazole rings is 1. The quantitative estimate of drug-likeness (QED) is 0.678. The van der Waals surface area contributed by atoms with Crippen LogP contribution in [0.1, 0.15) is 44.1 Å². The first-order valence-corrected chi connectivity index (χ1v) is 10.8. The number of β-amino-alcohol motifs (C(OH)–C–C–N with tert-alkyl or cyclic N) is 1. The van der Waals surface area contributed by atoms with Crippen LogP contribution < -0.4 is 5.76 Å². The summed E-state index contributed by atoms with van der Waals surface area (Å²) in [5, 5.41) is 9.90. The van der Waals surface area contributed by atoms with Crippen molar-refractivity contribution in [3.63, 3.8) is 0 Å². The number of hydrogen-bond donors (Lipinski definition) is 2. The van der Waals surface area contributed by atoms with Crippen LogP contribution in [0, 0.1) is 5.92 Å². The van der Waals surface area contributed by atoms with Crippen molar-refractivity contribution in [1.29, 1.82) is 0 Å². The number of likely N-dealkylation sites (N-methyl/N-ethyl adjacent to an activating group) is 1. The van der Waals surface area contributed by atoms with E-state index in [4.69, 9.17) is 4.42 Å². The van der Waals surface area contributed by atoms with E-state index in [1.54, 1.807) is 6.07 Å². The molecule has 2 atom stereocenters. The lowest BCUT2D eigenvalue weighted by Gasteiger charge is -2.39. The van der Waals surface area contributed by atoms with Gasteiger partial charge >= 0.3 is 5.76 Å². The highest BCUT2D eigenvalue weighted by Crippen LogP contribution is 2.30. The average molecular weight is 470 g/mol. The summed E-state index contributed by atoms with van der Waals surface area (Å²) in [5.74, 6) is 0.124. The first kappa shape index (κ1) is 25.8. The summed E-state index contributed by atoms with van der Waals surface area (Å²) in [4.78, 5) is 31.4. The van der Waals surface area contributed by atoms with E-state index in [1.807, 2.05) is 24.1 Å². The number of carbonyl (C=O) groups is 1. The molecule has 174 valence electrons. The number of nitrogens with zero attached hydrogens (tertiary/aromatic N) is 2. The highest BCUT2D eigenvalue weighted by atomic mass is 32.1. The number of rotatable bonds is 6. The van der Waals surface area contributed by atoms with Crippen molar-refractivity contribution in [1.82, 2.24) is 14.8 Å². The zero-order valence-electron chi connectivity index (χ0n) is 18.1. The standard InChI is InChI=1S/C22H31N3O4.2H2S/c1-24(21(27)12-15-7-8-20-18(11-15)23-22(28)29-20)19(16-5-3-2-4-6-16)14-25-10-9-17(26)13-25;;/h7-8,11,16-17,19,26H,2-6,9-10,12-14H2,1H3,(H,23,28);2*1H2/t17-,19+;;/m0../s1. The summed E-state index contributed by atoms with van der Waals surface area (Å²) in [6.07, 6.45) is 6.95. The van der Waals surface area contributed by atoms with Crippen LogP contribution in [0.3, 0.4) is 0 Å². The van der Waals surface area contributed by atoms with Gasteiger partial charge in [0.2, 0.25) is 5.91 Å². The molecule has 2 aromatic rings. The predicted octanol–water partition coefficient (Wildman–Crippen LogP) is 2.36. The number of H-pyrrole nitrogens is 1. The van der Waals surface area contributed by atoms with E-state index < -0.39 is 5.76 Å². The van der Waals surface area contributed by atoms with Gasteiger partial charge in [-0.05, 0) is 42.9 Å². The van der Waals surface area contributed by atoms with Crippen LogP contribution in [-0.4, -0.2) is 64.6 Å². The van der Waals surface area contributed by atoms with Crippen LogP contribution in [0.4, 0.5) is 0 Å². The summed E-state index contributed by atoms with van der Waals surface area (Å²) < 4.78 is 5.04. The molecule has 0 unspecified atom stereocenters. The van der Waals surface area contributed by atoms with Gasteiger partial charge in [-0.2, -0.15) is 27.0 Å². The molecule has 1 aromatic heterocycles. The Balaban J connectivity index is 0.00000171. The maximum absolute atomic E-state index is 13.1. The minimum atomic E-state index is -0.481. The SMILES string of the molecule is CN(C(=O)Cc1ccc2oc(=O)[nH]c2c1)[C@H](CN1CC[C@H](O)C1)C1CCCCC1.S.S. The fraction of sp³-hybridized carbons (Fsp3) is 0.636. The molecule has 31 heavy (non-hydrogen) atoms. The lowest BCUT2D eigenvalue weighted by Crippen LogP contribution is -2.49. The molecule has 2 aliphatic rings. The summed E-state index contributed by atoms with van der Waals surface area (Å²) >= 11 is 0. The van der Waals surface area contributed by atoms with Crippen LogP contribution >= 0.6 is 27.0 Å². The zero-order chi connectivity index (χ0) is 20.4. The van der Waals surface area contributed by atoms with E-state index in [2.05, 4.69) is 9.88 Å². The summed E-state index contributed by atoms with van der Waals surface area (Å²) in [6, 6.07) is 5.57. The molecule has 2 fully saturated rings. The van der Waals surface area contributed by atoms with Gasteiger partial charge in [0.25, 0.3) is 0 Å². The van der Waals surface area contributed by atoms with E-state index in [9.17, 15) is 14.7 Å². The van der Waals surface area contributed by atoms with Crippen molar-refractivity contribution in [3.8, 4) is 0 Å². The number of fused-ring (bicyclic) bond motifs is 1. The molecule has 1 amide bonds. The van der Waals surface area contributed by atoms with Crippen molar-refractivity contribution in [2.24, 2.45) is 5.92 Å². The third-order valence-electron chi connectivity index (χ3n) is 6.62. The minimum Gasteiger partial charge on any atom is -0.408 e. The van der Waals surface area contributed by atoms with Crippen molar-refractivity contribution < 1.29 is 14.3 Å². The Morgan fingerprint density at radius 2 is 2.00 bits per heavy atom. The van der Waals surface area contributed by atoms with Gasteiger partial charge in [0.15, 0.2) is 5.58 Å². The molecule has 1 saturated carbocycles. The number of hydrogen-bond acceptors (Lipinski definition) is 5. The third-order valence-corrected chi connectivity index (χ3v) is 6.62. The van der Waals surface area contributed by atoms with Gasteiger partial charge in [0.1, 0.15) is 0 Å². The molecule has 2 N–H and O–H groups in total. The maximum Gasteiger partial charge on any atom is 0.417 e. The van der Waals surface area contributed by atoms with Crippen molar-refractivity contribution in [2.45, 2.75) is 57.1 Å². The molecule has 9 heteroatoms. The number of benzene rings is 1. The summed E-state index contributed by atoms with van der Waals surface area (Å²) in [6.45, 7) is 2.44. The smallest absolute Gasteiger partial charge is 0.408 e. The fourth-order valence-electron chi connectivity index (χ4n) is 4.94. The maximum atomic E-state index is 13.1. The number of amides is 1. The van der Waals surface area contributed by atoms with Crippen LogP contribution in [0.2, 0.25) is 0 Å². The Hall–Kier alpha value is -1.42. The molecule has 4 rings (SSSR count). The second-order valence-corrected chi connectivity index (χ2v) is 8.69. The fourth-order valence-corrected chi connectivity index (χ4v) is 4.94. The highest BCUT2D eigenvalue weighted by molar-refractivity contribution is 7.59. The third kappa shape index (κ3) is 6.31. The average Bonchev–Trinajstić information content (AvgIpc) is 3.30. The van der Waals surface area contributed by atoms with Gasteiger partial charge in [-0.25, -0.2) is 4.79 Å². The van der Waals surface area contributed by atoms with E-state index in [-0.39, 0.29) is 45.0 Å². The first-order chi connectivity index (χ1) is 14.0. The van der Waals surface area contributed by atoms with E-state index in [0.717, 1.165) is 25.1 Å². The number of carbonyl (C=O) groups excluding carboxylic acids is 1. The molecule has 1 aromatic carbocycles. The molecule has 2 heterocycles. The summed E-state index contributed by atoms with van der Waals surface area (Å²) in [7, 11) is 1.92. The number of aliphatic hydroxyl groups excluding tert-OH is 1.